The summed E-state index contributed by atoms with van der Waals surface area (Å²) in [5.41, 5.74) is -0.0844. The first-order valence-corrected chi connectivity index (χ1v) is 5.48. The van der Waals surface area contributed by atoms with E-state index in [1.807, 2.05) is 0 Å². The van der Waals surface area contributed by atoms with Crippen LogP contribution in [0.4, 0.5) is 5.69 Å². The molecule has 1 aromatic carbocycles. The normalized spacial score (nSPS) is 9.89. The van der Waals surface area contributed by atoms with E-state index in [1.54, 1.807) is 0 Å². The highest BCUT2D eigenvalue weighted by atomic mass is 16.4. The van der Waals surface area contributed by atoms with Gasteiger partial charge in [0.05, 0.1) is 0 Å². The molecule has 0 spiro atoms. The molecule has 0 atom stereocenters. The fourth-order valence-corrected chi connectivity index (χ4v) is 1.41. The molecule has 7 heteroatoms. The number of carbonyl (C=O) groups is 3. The Bertz CT molecular complexity index is 511. The Labute approximate surface area is 108 Å². The summed E-state index contributed by atoms with van der Waals surface area (Å²) < 4.78 is 0. The third kappa shape index (κ3) is 4.66. The molecule has 0 aliphatic carbocycles. The van der Waals surface area contributed by atoms with Crippen molar-refractivity contribution in [3.05, 3.63) is 23.8 Å². The van der Waals surface area contributed by atoms with Crippen molar-refractivity contribution in [2.45, 2.75) is 19.3 Å². The van der Waals surface area contributed by atoms with Crippen LogP contribution >= 0.6 is 0 Å². The molecule has 1 aromatic rings. The molecule has 1 amide bonds. The number of aliphatic carboxylic acids is 1. The molecule has 0 radical (unpaired) electrons. The van der Waals surface area contributed by atoms with Crippen LogP contribution in [0.25, 0.3) is 0 Å². The maximum atomic E-state index is 11.4. The maximum absolute atomic E-state index is 11.4. The van der Waals surface area contributed by atoms with Crippen molar-refractivity contribution in [2.24, 2.45) is 0 Å². The monoisotopic (exact) mass is 267 g/mol. The van der Waals surface area contributed by atoms with Gasteiger partial charge in [0.2, 0.25) is 5.91 Å². The molecule has 0 fully saturated rings. The predicted octanol–water partition coefficient (Wildman–Crippen LogP) is 1.28. The van der Waals surface area contributed by atoms with Gasteiger partial charge in [-0.2, -0.15) is 0 Å². The van der Waals surface area contributed by atoms with Gasteiger partial charge in [0.15, 0.2) is 0 Å². The Hall–Kier alpha value is -2.57. The first kappa shape index (κ1) is 14.5. The van der Waals surface area contributed by atoms with Crippen molar-refractivity contribution in [3.63, 3.8) is 0 Å². The lowest BCUT2D eigenvalue weighted by Crippen LogP contribution is -2.12. The Morgan fingerprint density at radius 3 is 2.37 bits per heavy atom. The van der Waals surface area contributed by atoms with Crippen LogP contribution in [0.15, 0.2) is 18.2 Å². The average molecular weight is 267 g/mol. The summed E-state index contributed by atoms with van der Waals surface area (Å²) in [6.07, 6.45) is 0.115. The molecule has 0 saturated heterocycles. The van der Waals surface area contributed by atoms with Gasteiger partial charge < -0.3 is 20.6 Å². The highest BCUT2D eigenvalue weighted by Gasteiger charge is 2.11. The quantitative estimate of drug-likeness (QED) is 0.575. The molecule has 4 N–H and O–H groups in total. The van der Waals surface area contributed by atoms with E-state index in [0.29, 0.717) is 0 Å². The standard InChI is InChI=1S/C12H13NO6/c14-9-5-4-7(6-8(9)12(18)19)13-10(15)2-1-3-11(16)17/h4-6,14H,1-3H2,(H,13,15)(H,16,17)(H,18,19). The van der Waals surface area contributed by atoms with E-state index in [-0.39, 0.29) is 30.5 Å². The zero-order valence-electron chi connectivity index (χ0n) is 9.92. The number of carboxylic acid groups (broad SMARTS) is 2. The van der Waals surface area contributed by atoms with Gasteiger partial charge in [-0.25, -0.2) is 4.79 Å². The second-order valence-electron chi connectivity index (χ2n) is 3.83. The Balaban J connectivity index is 2.62. The molecule has 7 nitrogen and oxygen atoms in total. The van der Waals surface area contributed by atoms with Gasteiger partial charge in [0.1, 0.15) is 11.3 Å². The second kappa shape index (κ2) is 6.39. The number of anilines is 1. The summed E-state index contributed by atoms with van der Waals surface area (Å²) in [6.45, 7) is 0. The van der Waals surface area contributed by atoms with Gasteiger partial charge in [-0.05, 0) is 24.6 Å². The van der Waals surface area contributed by atoms with E-state index < -0.39 is 23.6 Å². The van der Waals surface area contributed by atoms with Crippen LogP contribution in [0, 0.1) is 0 Å². The largest absolute Gasteiger partial charge is 0.507 e. The van der Waals surface area contributed by atoms with Crippen molar-refractivity contribution < 1.29 is 29.7 Å². The minimum atomic E-state index is -1.31. The van der Waals surface area contributed by atoms with Gasteiger partial charge in [-0.15, -0.1) is 0 Å². The van der Waals surface area contributed by atoms with E-state index in [1.165, 1.54) is 6.07 Å². The number of nitrogens with one attached hydrogen (secondary N) is 1. The minimum Gasteiger partial charge on any atom is -0.507 e. The number of carbonyl (C=O) groups excluding carboxylic acids is 1. The summed E-state index contributed by atoms with van der Waals surface area (Å²) in [5.74, 6) is -3.09. The zero-order chi connectivity index (χ0) is 14.4. The maximum Gasteiger partial charge on any atom is 0.339 e. The Morgan fingerprint density at radius 1 is 1.11 bits per heavy atom. The molecule has 0 unspecified atom stereocenters. The second-order valence-corrected chi connectivity index (χ2v) is 3.83. The zero-order valence-corrected chi connectivity index (χ0v) is 9.92. The van der Waals surface area contributed by atoms with Crippen LogP contribution < -0.4 is 5.32 Å². The van der Waals surface area contributed by atoms with Crippen LogP contribution in [0.1, 0.15) is 29.6 Å². The van der Waals surface area contributed by atoms with Crippen LogP contribution in [-0.2, 0) is 9.59 Å². The first-order chi connectivity index (χ1) is 8.90. The highest BCUT2D eigenvalue weighted by molar-refractivity contribution is 5.95. The fourth-order valence-electron chi connectivity index (χ4n) is 1.41. The van der Waals surface area contributed by atoms with E-state index in [2.05, 4.69) is 5.32 Å². The van der Waals surface area contributed by atoms with Gasteiger partial charge in [0, 0.05) is 18.5 Å². The number of benzene rings is 1. The molecule has 0 heterocycles. The minimum absolute atomic E-state index is 0.0234. The smallest absolute Gasteiger partial charge is 0.339 e. The van der Waals surface area contributed by atoms with Crippen LogP contribution in [0.5, 0.6) is 5.75 Å². The summed E-state index contributed by atoms with van der Waals surface area (Å²) >= 11 is 0. The predicted molar refractivity (Wildman–Crippen MR) is 65.2 cm³/mol. The van der Waals surface area contributed by atoms with Crippen molar-refractivity contribution in [1.29, 1.82) is 0 Å². The first-order valence-electron chi connectivity index (χ1n) is 5.48. The Kier molecular flexibility index (Phi) is 4.87. The number of carboxylic acids is 2. The molecule has 1 rings (SSSR count). The number of aromatic hydroxyl groups is 1. The molecule has 0 aliphatic rings. The lowest BCUT2D eigenvalue weighted by Gasteiger charge is -2.06. The third-order valence-electron chi connectivity index (χ3n) is 2.31. The number of phenols is 1. The Morgan fingerprint density at radius 2 is 1.79 bits per heavy atom. The molecule has 102 valence electrons. The number of aromatic carboxylic acids is 1. The van der Waals surface area contributed by atoms with Gasteiger partial charge >= 0.3 is 11.9 Å². The van der Waals surface area contributed by atoms with Crippen molar-refractivity contribution in [2.75, 3.05) is 5.32 Å². The topological polar surface area (TPSA) is 124 Å². The molecule has 0 aliphatic heterocycles. The van der Waals surface area contributed by atoms with E-state index in [9.17, 15) is 19.5 Å². The van der Waals surface area contributed by atoms with Crippen molar-refractivity contribution >= 4 is 23.5 Å². The lowest BCUT2D eigenvalue weighted by molar-refractivity contribution is -0.137. The number of amides is 1. The van der Waals surface area contributed by atoms with Gasteiger partial charge in [-0.1, -0.05) is 0 Å². The summed E-state index contributed by atoms with van der Waals surface area (Å²) in [4.78, 5) is 32.5. The lowest BCUT2D eigenvalue weighted by atomic mass is 10.1. The van der Waals surface area contributed by atoms with Crippen LogP contribution in [-0.4, -0.2) is 33.2 Å². The molecule has 0 bridgehead atoms. The number of hydrogen-bond donors (Lipinski definition) is 4. The fraction of sp³-hybridized carbons (Fsp3) is 0.250. The molecular formula is C12H13NO6. The number of rotatable bonds is 6. The third-order valence-corrected chi connectivity index (χ3v) is 2.31. The average Bonchev–Trinajstić information content (AvgIpc) is 2.30. The van der Waals surface area contributed by atoms with Crippen molar-refractivity contribution in [3.8, 4) is 5.75 Å². The van der Waals surface area contributed by atoms with Crippen LogP contribution in [0.3, 0.4) is 0 Å². The van der Waals surface area contributed by atoms with E-state index in [0.717, 1.165) is 12.1 Å². The molecule has 0 saturated carbocycles. The van der Waals surface area contributed by atoms with Crippen molar-refractivity contribution in [1.82, 2.24) is 0 Å². The number of hydrogen-bond acceptors (Lipinski definition) is 4. The van der Waals surface area contributed by atoms with Crippen LogP contribution in [0.2, 0.25) is 0 Å². The van der Waals surface area contributed by atoms with E-state index in [4.69, 9.17) is 10.2 Å². The van der Waals surface area contributed by atoms with E-state index >= 15 is 0 Å². The molecular weight excluding hydrogens is 254 g/mol. The summed E-state index contributed by atoms with van der Waals surface area (Å²) in [6, 6.07) is 3.65. The summed E-state index contributed by atoms with van der Waals surface area (Å²) in [5, 5.41) is 28.9. The molecule has 0 aromatic heterocycles. The SMILES string of the molecule is O=C(O)CCCC(=O)Nc1ccc(O)c(C(=O)O)c1. The molecule has 19 heavy (non-hydrogen) atoms. The highest BCUT2D eigenvalue weighted by Crippen LogP contribution is 2.21. The summed E-state index contributed by atoms with van der Waals surface area (Å²) in [7, 11) is 0. The van der Waals surface area contributed by atoms with Gasteiger partial charge in [0.25, 0.3) is 0 Å². The van der Waals surface area contributed by atoms with Gasteiger partial charge in [-0.3, -0.25) is 9.59 Å².